The second-order valence-electron chi connectivity index (χ2n) is 4.04. The summed E-state index contributed by atoms with van der Waals surface area (Å²) in [4.78, 5) is 1.08. The van der Waals surface area contributed by atoms with E-state index in [4.69, 9.17) is 11.6 Å². The summed E-state index contributed by atoms with van der Waals surface area (Å²) in [6.07, 6.45) is 3.64. The van der Waals surface area contributed by atoms with Gasteiger partial charge in [0.05, 0.1) is 5.02 Å². The average Bonchev–Trinajstić information content (AvgIpc) is 2.51. The molecule has 2 nitrogen and oxygen atoms in total. The van der Waals surface area contributed by atoms with Gasteiger partial charge in [-0.25, -0.2) is 0 Å². The SMILES string of the molecule is Oc1ccc(SC2CCCNCC2)c(Cl)c1. The van der Waals surface area contributed by atoms with Gasteiger partial charge >= 0.3 is 0 Å². The molecule has 0 radical (unpaired) electrons. The van der Waals surface area contributed by atoms with Crippen molar-refractivity contribution in [2.45, 2.75) is 29.4 Å². The van der Waals surface area contributed by atoms with Crippen molar-refractivity contribution >= 4 is 23.4 Å². The van der Waals surface area contributed by atoms with Crippen molar-refractivity contribution in [2.24, 2.45) is 0 Å². The van der Waals surface area contributed by atoms with Gasteiger partial charge in [0.1, 0.15) is 5.75 Å². The van der Waals surface area contributed by atoms with Crippen LogP contribution in [0.3, 0.4) is 0 Å². The quantitative estimate of drug-likeness (QED) is 0.853. The van der Waals surface area contributed by atoms with Crippen molar-refractivity contribution in [1.82, 2.24) is 5.32 Å². The maximum atomic E-state index is 9.28. The maximum absolute atomic E-state index is 9.28. The van der Waals surface area contributed by atoms with Gasteiger partial charge in [-0.15, -0.1) is 11.8 Å². The van der Waals surface area contributed by atoms with Crippen molar-refractivity contribution in [3.05, 3.63) is 23.2 Å². The minimum atomic E-state index is 0.233. The van der Waals surface area contributed by atoms with Crippen LogP contribution in [0.2, 0.25) is 5.02 Å². The van der Waals surface area contributed by atoms with Gasteiger partial charge in [0.25, 0.3) is 0 Å². The number of phenolic OH excluding ortho intramolecular Hbond substituents is 1. The van der Waals surface area contributed by atoms with E-state index in [2.05, 4.69) is 5.32 Å². The van der Waals surface area contributed by atoms with Crippen LogP contribution >= 0.6 is 23.4 Å². The summed E-state index contributed by atoms with van der Waals surface area (Å²) in [7, 11) is 0. The van der Waals surface area contributed by atoms with Crippen LogP contribution in [0.4, 0.5) is 0 Å². The van der Waals surface area contributed by atoms with Crippen molar-refractivity contribution in [1.29, 1.82) is 0 Å². The Morgan fingerprint density at radius 1 is 1.31 bits per heavy atom. The zero-order valence-corrected chi connectivity index (χ0v) is 10.7. The highest BCUT2D eigenvalue weighted by Gasteiger charge is 2.14. The largest absolute Gasteiger partial charge is 0.508 e. The van der Waals surface area contributed by atoms with Gasteiger partial charge < -0.3 is 10.4 Å². The van der Waals surface area contributed by atoms with Crippen LogP contribution in [0.25, 0.3) is 0 Å². The fraction of sp³-hybridized carbons (Fsp3) is 0.500. The fourth-order valence-corrected chi connectivity index (χ4v) is 3.38. The number of aromatic hydroxyl groups is 1. The zero-order chi connectivity index (χ0) is 11.4. The topological polar surface area (TPSA) is 32.3 Å². The Bertz CT molecular complexity index is 351. The third-order valence-corrected chi connectivity index (χ3v) is 4.57. The monoisotopic (exact) mass is 257 g/mol. The van der Waals surface area contributed by atoms with Crippen LogP contribution in [-0.4, -0.2) is 23.4 Å². The van der Waals surface area contributed by atoms with Crippen LogP contribution in [0, 0.1) is 0 Å². The highest BCUT2D eigenvalue weighted by atomic mass is 35.5. The Morgan fingerprint density at radius 2 is 2.19 bits per heavy atom. The summed E-state index contributed by atoms with van der Waals surface area (Å²) < 4.78 is 0. The summed E-state index contributed by atoms with van der Waals surface area (Å²) in [5, 5.41) is 14.0. The molecule has 88 valence electrons. The molecule has 0 aromatic heterocycles. The molecule has 0 aliphatic carbocycles. The zero-order valence-electron chi connectivity index (χ0n) is 9.08. The Hall–Kier alpha value is -0.380. The Balaban J connectivity index is 2.01. The Morgan fingerprint density at radius 3 is 3.00 bits per heavy atom. The molecule has 16 heavy (non-hydrogen) atoms. The lowest BCUT2D eigenvalue weighted by Gasteiger charge is -2.14. The van der Waals surface area contributed by atoms with Crippen LogP contribution in [-0.2, 0) is 0 Å². The molecule has 0 bridgehead atoms. The van der Waals surface area contributed by atoms with Gasteiger partial charge in [0.2, 0.25) is 0 Å². The van der Waals surface area contributed by atoms with E-state index in [0.29, 0.717) is 10.3 Å². The lowest BCUT2D eigenvalue weighted by atomic mass is 10.2. The van der Waals surface area contributed by atoms with E-state index in [1.807, 2.05) is 17.8 Å². The van der Waals surface area contributed by atoms with Crippen molar-refractivity contribution in [3.8, 4) is 5.75 Å². The van der Waals surface area contributed by atoms with Crippen molar-refractivity contribution in [3.63, 3.8) is 0 Å². The summed E-state index contributed by atoms with van der Waals surface area (Å²) in [5.74, 6) is 0.233. The first-order valence-electron chi connectivity index (χ1n) is 5.61. The van der Waals surface area contributed by atoms with Gasteiger partial charge in [-0.1, -0.05) is 11.6 Å². The van der Waals surface area contributed by atoms with Crippen LogP contribution in [0.15, 0.2) is 23.1 Å². The second-order valence-corrected chi connectivity index (χ2v) is 5.78. The highest BCUT2D eigenvalue weighted by Crippen LogP contribution is 2.35. The van der Waals surface area contributed by atoms with Crippen molar-refractivity contribution < 1.29 is 5.11 Å². The minimum Gasteiger partial charge on any atom is -0.508 e. The number of nitrogens with one attached hydrogen (secondary N) is 1. The Labute approximate surface area is 105 Å². The van der Waals surface area contributed by atoms with E-state index in [-0.39, 0.29) is 5.75 Å². The number of phenols is 1. The normalized spacial score (nSPS) is 21.7. The number of hydrogen-bond acceptors (Lipinski definition) is 3. The lowest BCUT2D eigenvalue weighted by Crippen LogP contribution is -2.14. The van der Waals surface area contributed by atoms with Gasteiger partial charge in [-0.3, -0.25) is 0 Å². The molecule has 0 amide bonds. The average molecular weight is 258 g/mol. The van der Waals surface area contributed by atoms with Crippen LogP contribution < -0.4 is 5.32 Å². The lowest BCUT2D eigenvalue weighted by molar-refractivity contribution is 0.475. The summed E-state index contributed by atoms with van der Waals surface area (Å²) in [6.45, 7) is 2.22. The van der Waals surface area contributed by atoms with E-state index in [0.717, 1.165) is 18.0 Å². The van der Waals surface area contributed by atoms with Crippen LogP contribution in [0.1, 0.15) is 19.3 Å². The predicted octanol–water partition coefficient (Wildman–Crippen LogP) is 3.28. The molecule has 1 fully saturated rings. The van der Waals surface area contributed by atoms with Crippen LogP contribution in [0.5, 0.6) is 5.75 Å². The molecule has 0 spiro atoms. The molecule has 1 heterocycles. The van der Waals surface area contributed by atoms with Gasteiger partial charge in [0, 0.05) is 10.1 Å². The predicted molar refractivity (Wildman–Crippen MR) is 69.5 cm³/mol. The van der Waals surface area contributed by atoms with E-state index >= 15 is 0 Å². The molecule has 1 aliphatic heterocycles. The number of thioether (sulfide) groups is 1. The molecule has 2 N–H and O–H groups in total. The number of halogens is 1. The van der Waals surface area contributed by atoms with E-state index in [1.165, 1.54) is 19.3 Å². The Kier molecular flexibility index (Phi) is 4.38. The molecule has 1 aliphatic rings. The minimum absolute atomic E-state index is 0.233. The van der Waals surface area contributed by atoms with Gasteiger partial charge in [0.15, 0.2) is 0 Å². The summed E-state index contributed by atoms with van der Waals surface area (Å²) >= 11 is 7.92. The molecular weight excluding hydrogens is 242 g/mol. The fourth-order valence-electron chi connectivity index (χ4n) is 1.87. The van der Waals surface area contributed by atoms with E-state index < -0.39 is 0 Å². The molecule has 0 saturated carbocycles. The van der Waals surface area contributed by atoms with Gasteiger partial charge in [-0.05, 0) is 50.6 Å². The van der Waals surface area contributed by atoms with E-state index in [1.54, 1.807) is 12.1 Å². The molecule has 4 heteroatoms. The molecule has 1 aromatic carbocycles. The third-order valence-electron chi connectivity index (χ3n) is 2.73. The first kappa shape index (κ1) is 12.1. The summed E-state index contributed by atoms with van der Waals surface area (Å²) in [5.41, 5.74) is 0. The highest BCUT2D eigenvalue weighted by molar-refractivity contribution is 8.00. The maximum Gasteiger partial charge on any atom is 0.117 e. The third kappa shape index (κ3) is 3.30. The first-order valence-corrected chi connectivity index (χ1v) is 6.87. The van der Waals surface area contributed by atoms with Gasteiger partial charge in [-0.2, -0.15) is 0 Å². The smallest absolute Gasteiger partial charge is 0.117 e. The van der Waals surface area contributed by atoms with E-state index in [9.17, 15) is 5.11 Å². The number of hydrogen-bond donors (Lipinski definition) is 2. The summed E-state index contributed by atoms with van der Waals surface area (Å²) in [6, 6.07) is 5.21. The standard InChI is InChI=1S/C12H16ClNOS/c13-11-8-9(15)3-4-12(11)16-10-2-1-6-14-7-5-10/h3-4,8,10,14-15H,1-2,5-7H2. The second kappa shape index (κ2) is 5.80. The number of benzene rings is 1. The molecule has 1 aromatic rings. The molecular formula is C12H16ClNOS. The first-order chi connectivity index (χ1) is 7.75. The van der Waals surface area contributed by atoms with Crippen molar-refractivity contribution in [2.75, 3.05) is 13.1 Å². The molecule has 1 saturated heterocycles. The number of rotatable bonds is 2. The molecule has 2 rings (SSSR count). The molecule has 1 atom stereocenters. The molecule has 1 unspecified atom stereocenters.